The molecule has 12 heteroatoms. The fourth-order valence-corrected chi connectivity index (χ4v) is 3.44. The number of primary amides is 1. The van der Waals surface area contributed by atoms with Crippen molar-refractivity contribution in [2.75, 3.05) is 13.1 Å². The van der Waals surface area contributed by atoms with Gasteiger partial charge in [-0.05, 0) is 37.3 Å². The molecule has 1 aromatic rings. The lowest BCUT2D eigenvalue weighted by Gasteiger charge is -2.27. The molecule has 1 aliphatic heterocycles. The Bertz CT molecular complexity index is 848. The van der Waals surface area contributed by atoms with E-state index in [9.17, 15) is 29.1 Å². The summed E-state index contributed by atoms with van der Waals surface area (Å²) >= 11 is 0. The van der Waals surface area contributed by atoms with E-state index in [2.05, 4.69) is 15.6 Å². The number of rotatable bonds is 11. The maximum absolute atomic E-state index is 12.8. The van der Waals surface area contributed by atoms with Crippen molar-refractivity contribution in [3.8, 4) is 0 Å². The van der Waals surface area contributed by atoms with E-state index in [0.29, 0.717) is 12.8 Å². The summed E-state index contributed by atoms with van der Waals surface area (Å²) in [5, 5.41) is 14.2. The largest absolute Gasteiger partial charge is 0.480 e. The molecule has 12 nitrogen and oxygen atoms in total. The molecule has 2 rings (SSSR count). The number of pyridine rings is 1. The van der Waals surface area contributed by atoms with Gasteiger partial charge in [0.05, 0.1) is 12.6 Å². The number of carboxylic acids is 1. The second-order valence-corrected chi connectivity index (χ2v) is 7.54. The maximum Gasteiger partial charge on any atom is 0.326 e. The second kappa shape index (κ2) is 11.7. The minimum Gasteiger partial charge on any atom is -0.480 e. The average Bonchev–Trinajstić information content (AvgIpc) is 3.25. The topological polar surface area (TPSA) is 198 Å². The van der Waals surface area contributed by atoms with E-state index in [1.165, 1.54) is 4.90 Å². The molecule has 1 saturated heterocycles. The minimum atomic E-state index is -1.14. The minimum absolute atomic E-state index is 0.0861. The van der Waals surface area contributed by atoms with Crippen LogP contribution in [0.15, 0.2) is 24.5 Å². The SMILES string of the molecule is NC(=O)CC[C@H](NC(=O)CNC(=O)[C@@H](N)Cc1cccnc1)C(=O)N1CCC[C@H]1C(=O)O. The summed E-state index contributed by atoms with van der Waals surface area (Å²) in [5.41, 5.74) is 11.8. The fraction of sp³-hybridized carbons (Fsp3) is 0.500. The van der Waals surface area contributed by atoms with E-state index in [1.807, 2.05) is 0 Å². The molecule has 4 amide bonds. The van der Waals surface area contributed by atoms with Gasteiger partial charge in [0, 0.05) is 25.4 Å². The molecule has 0 saturated carbocycles. The van der Waals surface area contributed by atoms with Crippen LogP contribution < -0.4 is 22.1 Å². The highest BCUT2D eigenvalue weighted by Gasteiger charge is 2.37. The summed E-state index contributed by atoms with van der Waals surface area (Å²) in [7, 11) is 0. The molecule has 0 aromatic carbocycles. The molecule has 0 bridgehead atoms. The number of nitrogens with zero attached hydrogens (tertiary/aromatic N) is 2. The zero-order valence-corrected chi connectivity index (χ0v) is 17.5. The van der Waals surface area contributed by atoms with E-state index in [0.717, 1.165) is 5.56 Å². The standard InChI is InChI=1S/C20H28N6O6/c21-13(9-12-3-1-7-23-10-12)18(29)24-11-17(28)25-14(5-6-16(22)27)19(30)26-8-2-4-15(26)20(31)32/h1,3,7,10,13-15H,2,4-6,8-9,11,21H2,(H2,22,27)(H,24,29)(H,25,28)(H,31,32)/t13-,14-,15-/m0/s1. The molecule has 0 spiro atoms. The number of carbonyl (C=O) groups excluding carboxylic acids is 4. The molecule has 1 aromatic heterocycles. The lowest BCUT2D eigenvalue weighted by atomic mass is 10.1. The van der Waals surface area contributed by atoms with Crippen LogP contribution >= 0.6 is 0 Å². The van der Waals surface area contributed by atoms with Crippen LogP contribution in [-0.2, 0) is 30.4 Å². The number of hydrogen-bond acceptors (Lipinski definition) is 7. The molecule has 0 radical (unpaired) electrons. The van der Waals surface area contributed by atoms with Crippen molar-refractivity contribution in [2.45, 2.75) is 50.2 Å². The number of aromatic nitrogens is 1. The Kier molecular flexibility index (Phi) is 9.08. The van der Waals surface area contributed by atoms with Gasteiger partial charge in [-0.25, -0.2) is 4.79 Å². The zero-order valence-electron chi connectivity index (χ0n) is 17.5. The summed E-state index contributed by atoms with van der Waals surface area (Å²) < 4.78 is 0. The number of likely N-dealkylation sites (tertiary alicyclic amines) is 1. The quantitative estimate of drug-likeness (QED) is 0.253. The average molecular weight is 448 g/mol. The van der Waals surface area contributed by atoms with Gasteiger partial charge in [-0.1, -0.05) is 6.07 Å². The fourth-order valence-electron chi connectivity index (χ4n) is 3.44. The predicted octanol–water partition coefficient (Wildman–Crippen LogP) is -2.11. The van der Waals surface area contributed by atoms with Crippen LogP contribution in [0, 0.1) is 0 Å². The number of aliphatic carboxylic acids is 1. The first-order valence-corrected chi connectivity index (χ1v) is 10.2. The molecule has 1 aliphatic rings. The highest BCUT2D eigenvalue weighted by molar-refractivity contribution is 5.93. The van der Waals surface area contributed by atoms with Crippen LogP contribution in [-0.4, -0.2) is 75.8 Å². The molecule has 174 valence electrons. The monoisotopic (exact) mass is 448 g/mol. The first kappa shape index (κ1) is 24.7. The van der Waals surface area contributed by atoms with Crippen molar-refractivity contribution in [3.05, 3.63) is 30.1 Å². The van der Waals surface area contributed by atoms with E-state index in [-0.39, 0.29) is 25.8 Å². The Morgan fingerprint density at radius 2 is 2.03 bits per heavy atom. The van der Waals surface area contributed by atoms with Gasteiger partial charge in [0.1, 0.15) is 12.1 Å². The van der Waals surface area contributed by atoms with Gasteiger partial charge in [0.2, 0.25) is 23.6 Å². The van der Waals surface area contributed by atoms with Crippen LogP contribution in [0.4, 0.5) is 0 Å². The van der Waals surface area contributed by atoms with E-state index in [4.69, 9.17) is 11.5 Å². The van der Waals surface area contributed by atoms with Crippen molar-refractivity contribution in [3.63, 3.8) is 0 Å². The molecule has 32 heavy (non-hydrogen) atoms. The summed E-state index contributed by atoms with van der Waals surface area (Å²) in [6.45, 7) is -0.207. The molecular formula is C20H28N6O6. The molecule has 7 N–H and O–H groups in total. The first-order chi connectivity index (χ1) is 15.2. The Morgan fingerprint density at radius 1 is 1.28 bits per heavy atom. The first-order valence-electron chi connectivity index (χ1n) is 10.2. The Balaban J connectivity index is 1.92. The smallest absolute Gasteiger partial charge is 0.326 e. The number of hydrogen-bond donors (Lipinski definition) is 5. The number of carboxylic acid groups (broad SMARTS) is 1. The van der Waals surface area contributed by atoms with Gasteiger partial charge in [0.25, 0.3) is 0 Å². The third-order valence-electron chi connectivity index (χ3n) is 5.07. The highest BCUT2D eigenvalue weighted by atomic mass is 16.4. The van der Waals surface area contributed by atoms with Gasteiger partial charge in [-0.3, -0.25) is 24.2 Å². The normalized spacial score (nSPS) is 17.3. The Morgan fingerprint density at radius 3 is 2.66 bits per heavy atom. The van der Waals surface area contributed by atoms with Crippen LogP contribution in [0.1, 0.15) is 31.2 Å². The highest BCUT2D eigenvalue weighted by Crippen LogP contribution is 2.19. The van der Waals surface area contributed by atoms with Gasteiger partial charge in [-0.2, -0.15) is 0 Å². The summed E-state index contributed by atoms with van der Waals surface area (Å²) in [6, 6.07) is 0.452. The molecule has 0 aliphatic carbocycles. The van der Waals surface area contributed by atoms with Crippen LogP contribution in [0.3, 0.4) is 0 Å². The zero-order chi connectivity index (χ0) is 23.7. The van der Waals surface area contributed by atoms with Gasteiger partial charge in [-0.15, -0.1) is 0 Å². The van der Waals surface area contributed by atoms with Crippen molar-refractivity contribution >= 4 is 29.6 Å². The van der Waals surface area contributed by atoms with Gasteiger partial charge >= 0.3 is 5.97 Å². The van der Waals surface area contributed by atoms with Crippen LogP contribution in [0.5, 0.6) is 0 Å². The van der Waals surface area contributed by atoms with Crippen molar-refractivity contribution in [2.24, 2.45) is 11.5 Å². The maximum atomic E-state index is 12.8. The molecule has 0 unspecified atom stereocenters. The third-order valence-corrected chi connectivity index (χ3v) is 5.07. The number of nitrogens with one attached hydrogen (secondary N) is 2. The third kappa shape index (κ3) is 7.30. The summed E-state index contributed by atoms with van der Waals surface area (Å²) in [4.78, 5) is 65.0. The van der Waals surface area contributed by atoms with Gasteiger partial charge in [0.15, 0.2) is 0 Å². The Labute approximate surface area is 184 Å². The second-order valence-electron chi connectivity index (χ2n) is 7.54. The van der Waals surface area contributed by atoms with Crippen LogP contribution in [0.2, 0.25) is 0 Å². The number of carbonyl (C=O) groups is 5. The summed E-state index contributed by atoms with van der Waals surface area (Å²) in [6.07, 6.45) is 3.97. The lowest BCUT2D eigenvalue weighted by Crippen LogP contribution is -2.54. The van der Waals surface area contributed by atoms with Crippen LogP contribution in [0.25, 0.3) is 0 Å². The number of nitrogens with two attached hydrogens (primary N) is 2. The number of amides is 4. The van der Waals surface area contributed by atoms with Crippen molar-refractivity contribution in [1.29, 1.82) is 0 Å². The van der Waals surface area contributed by atoms with E-state index in [1.54, 1.807) is 24.5 Å². The van der Waals surface area contributed by atoms with E-state index < -0.39 is 54.3 Å². The van der Waals surface area contributed by atoms with Crippen molar-refractivity contribution < 1.29 is 29.1 Å². The molecular weight excluding hydrogens is 420 g/mol. The van der Waals surface area contributed by atoms with Gasteiger partial charge < -0.3 is 32.1 Å². The predicted molar refractivity (Wildman–Crippen MR) is 112 cm³/mol. The molecule has 1 fully saturated rings. The Hall–Kier alpha value is -3.54. The summed E-state index contributed by atoms with van der Waals surface area (Å²) in [5.74, 6) is -3.65. The van der Waals surface area contributed by atoms with Crippen molar-refractivity contribution in [1.82, 2.24) is 20.5 Å². The lowest BCUT2D eigenvalue weighted by molar-refractivity contribution is -0.149. The van der Waals surface area contributed by atoms with E-state index >= 15 is 0 Å². The molecule has 3 atom stereocenters. The molecule has 2 heterocycles.